The topological polar surface area (TPSA) is 60.4 Å². The Bertz CT molecular complexity index is 734. The summed E-state index contributed by atoms with van der Waals surface area (Å²) in [6.45, 7) is 7.73. The molecule has 3 rings (SSSR count). The highest BCUT2D eigenvalue weighted by molar-refractivity contribution is 5.81. The van der Waals surface area contributed by atoms with E-state index in [-0.39, 0.29) is 11.9 Å². The summed E-state index contributed by atoms with van der Waals surface area (Å²) >= 11 is 0. The summed E-state index contributed by atoms with van der Waals surface area (Å²) in [5.74, 6) is 2.68. The SMILES string of the molecule is CCNC(=NCCCN1CCCC1C(=O)N(C)C)N1CCC(c2ccc(OC)cc2)C1. The van der Waals surface area contributed by atoms with Crippen molar-refractivity contribution in [2.45, 2.75) is 44.6 Å². The lowest BCUT2D eigenvalue weighted by Gasteiger charge is -2.26. The van der Waals surface area contributed by atoms with E-state index in [0.717, 1.165) is 76.7 Å². The quantitative estimate of drug-likeness (QED) is 0.391. The number of nitrogens with one attached hydrogen (secondary N) is 1. The molecular weight excluding hydrogens is 390 g/mol. The van der Waals surface area contributed by atoms with Crippen LogP contribution >= 0.6 is 0 Å². The van der Waals surface area contributed by atoms with Crippen molar-refractivity contribution in [1.29, 1.82) is 0 Å². The molecular formula is C24H39N5O2. The molecule has 172 valence electrons. The Kier molecular flexibility index (Phi) is 8.58. The number of carbonyl (C=O) groups excluding carboxylic acids is 1. The van der Waals surface area contributed by atoms with Crippen LogP contribution in [0.15, 0.2) is 29.3 Å². The van der Waals surface area contributed by atoms with Gasteiger partial charge in [0.1, 0.15) is 5.75 Å². The average Bonchev–Trinajstić information content (AvgIpc) is 3.45. The van der Waals surface area contributed by atoms with Gasteiger partial charge in [0.25, 0.3) is 0 Å². The largest absolute Gasteiger partial charge is 0.497 e. The number of nitrogens with zero attached hydrogens (tertiary/aromatic N) is 4. The van der Waals surface area contributed by atoms with Gasteiger partial charge in [-0.3, -0.25) is 14.7 Å². The number of amides is 1. The van der Waals surface area contributed by atoms with E-state index in [1.165, 1.54) is 5.56 Å². The summed E-state index contributed by atoms with van der Waals surface area (Å²) in [4.78, 5) is 23.7. The van der Waals surface area contributed by atoms with Crippen molar-refractivity contribution in [2.75, 3.05) is 60.5 Å². The Morgan fingerprint density at radius 2 is 2.00 bits per heavy atom. The fourth-order valence-corrected chi connectivity index (χ4v) is 4.66. The molecule has 0 bridgehead atoms. The lowest BCUT2D eigenvalue weighted by atomic mass is 9.98. The lowest BCUT2D eigenvalue weighted by Crippen LogP contribution is -2.43. The third-order valence-electron chi connectivity index (χ3n) is 6.36. The molecule has 31 heavy (non-hydrogen) atoms. The van der Waals surface area contributed by atoms with Crippen LogP contribution in [0, 0.1) is 0 Å². The second kappa shape index (κ2) is 11.4. The number of likely N-dealkylation sites (tertiary alicyclic amines) is 2. The van der Waals surface area contributed by atoms with Crippen LogP contribution in [0.25, 0.3) is 0 Å². The molecule has 7 nitrogen and oxygen atoms in total. The van der Waals surface area contributed by atoms with Crippen LogP contribution < -0.4 is 10.1 Å². The second-order valence-corrected chi connectivity index (χ2v) is 8.72. The van der Waals surface area contributed by atoms with Gasteiger partial charge in [0.05, 0.1) is 13.2 Å². The van der Waals surface area contributed by atoms with Gasteiger partial charge < -0.3 is 19.9 Å². The molecule has 0 saturated carbocycles. The highest BCUT2D eigenvalue weighted by Crippen LogP contribution is 2.28. The van der Waals surface area contributed by atoms with Crippen LogP contribution in [0.3, 0.4) is 0 Å². The van der Waals surface area contributed by atoms with E-state index in [9.17, 15) is 4.79 Å². The monoisotopic (exact) mass is 429 g/mol. The van der Waals surface area contributed by atoms with Crippen molar-refractivity contribution in [1.82, 2.24) is 20.0 Å². The molecule has 2 aliphatic heterocycles. The number of benzene rings is 1. The predicted octanol–water partition coefficient (Wildman–Crippen LogP) is 2.39. The maximum absolute atomic E-state index is 12.4. The molecule has 2 unspecified atom stereocenters. The molecule has 7 heteroatoms. The van der Waals surface area contributed by atoms with Crippen LogP contribution in [0.5, 0.6) is 5.75 Å². The van der Waals surface area contributed by atoms with E-state index in [4.69, 9.17) is 9.73 Å². The van der Waals surface area contributed by atoms with Gasteiger partial charge in [-0.05, 0) is 56.8 Å². The molecule has 1 N–H and O–H groups in total. The molecule has 0 aliphatic carbocycles. The molecule has 1 aromatic rings. The van der Waals surface area contributed by atoms with Crippen molar-refractivity contribution in [3.05, 3.63) is 29.8 Å². The molecule has 2 heterocycles. The van der Waals surface area contributed by atoms with Crippen LogP contribution in [-0.4, -0.2) is 93.1 Å². The third kappa shape index (κ3) is 6.12. The minimum absolute atomic E-state index is 0.0519. The van der Waals surface area contributed by atoms with Gasteiger partial charge in [-0.15, -0.1) is 0 Å². The van der Waals surface area contributed by atoms with Gasteiger partial charge in [0, 0.05) is 52.7 Å². The van der Waals surface area contributed by atoms with Crippen LogP contribution in [0.1, 0.15) is 44.1 Å². The van der Waals surface area contributed by atoms with Gasteiger partial charge in [-0.25, -0.2) is 0 Å². The smallest absolute Gasteiger partial charge is 0.239 e. The van der Waals surface area contributed by atoms with E-state index in [2.05, 4.69) is 34.2 Å². The summed E-state index contributed by atoms with van der Waals surface area (Å²) < 4.78 is 5.28. The zero-order valence-corrected chi connectivity index (χ0v) is 19.6. The number of guanidine groups is 1. The number of aliphatic imine (C=N–C) groups is 1. The van der Waals surface area contributed by atoms with E-state index >= 15 is 0 Å². The molecule has 1 amide bonds. The fourth-order valence-electron chi connectivity index (χ4n) is 4.66. The average molecular weight is 430 g/mol. The zero-order valence-electron chi connectivity index (χ0n) is 19.6. The molecule has 0 aromatic heterocycles. The predicted molar refractivity (Wildman–Crippen MR) is 126 cm³/mol. The highest BCUT2D eigenvalue weighted by Gasteiger charge is 2.31. The van der Waals surface area contributed by atoms with Gasteiger partial charge in [0.15, 0.2) is 5.96 Å². The summed E-state index contributed by atoms with van der Waals surface area (Å²) in [5, 5.41) is 3.47. The Balaban J connectivity index is 1.51. The number of likely N-dealkylation sites (N-methyl/N-ethyl adjacent to an activating group) is 1. The summed E-state index contributed by atoms with van der Waals surface area (Å²) in [6, 6.07) is 8.50. The number of carbonyl (C=O) groups is 1. The highest BCUT2D eigenvalue weighted by atomic mass is 16.5. The molecule has 0 radical (unpaired) electrons. The minimum Gasteiger partial charge on any atom is -0.497 e. The van der Waals surface area contributed by atoms with E-state index in [1.54, 1.807) is 12.0 Å². The minimum atomic E-state index is 0.0519. The molecule has 2 fully saturated rings. The van der Waals surface area contributed by atoms with Gasteiger partial charge in [0.2, 0.25) is 5.91 Å². The Morgan fingerprint density at radius 1 is 1.23 bits per heavy atom. The van der Waals surface area contributed by atoms with Gasteiger partial charge >= 0.3 is 0 Å². The van der Waals surface area contributed by atoms with Crippen molar-refractivity contribution in [3.63, 3.8) is 0 Å². The van der Waals surface area contributed by atoms with Gasteiger partial charge in [-0.2, -0.15) is 0 Å². The van der Waals surface area contributed by atoms with E-state index < -0.39 is 0 Å². The normalized spacial score (nSPS) is 22.1. The second-order valence-electron chi connectivity index (χ2n) is 8.72. The van der Waals surface area contributed by atoms with Crippen LogP contribution in [0.2, 0.25) is 0 Å². The number of methoxy groups -OCH3 is 1. The molecule has 1 aromatic carbocycles. The lowest BCUT2D eigenvalue weighted by molar-refractivity contribution is -0.133. The molecule has 2 aliphatic rings. The maximum atomic E-state index is 12.4. The van der Waals surface area contributed by atoms with E-state index in [1.807, 2.05) is 26.2 Å². The van der Waals surface area contributed by atoms with Crippen molar-refractivity contribution in [2.24, 2.45) is 4.99 Å². The first-order valence-electron chi connectivity index (χ1n) is 11.7. The van der Waals surface area contributed by atoms with Crippen molar-refractivity contribution in [3.8, 4) is 5.75 Å². The first-order valence-corrected chi connectivity index (χ1v) is 11.7. The van der Waals surface area contributed by atoms with Crippen molar-refractivity contribution >= 4 is 11.9 Å². The van der Waals surface area contributed by atoms with E-state index in [0.29, 0.717) is 5.92 Å². The first kappa shape index (κ1) is 23.4. The third-order valence-corrected chi connectivity index (χ3v) is 6.36. The first-order chi connectivity index (χ1) is 15.0. The fraction of sp³-hybridized carbons (Fsp3) is 0.667. The zero-order chi connectivity index (χ0) is 22.2. The van der Waals surface area contributed by atoms with Crippen LogP contribution in [-0.2, 0) is 4.79 Å². The summed E-state index contributed by atoms with van der Waals surface area (Å²) in [6.07, 6.45) is 4.20. The Morgan fingerprint density at radius 3 is 2.68 bits per heavy atom. The maximum Gasteiger partial charge on any atom is 0.239 e. The molecule has 2 atom stereocenters. The number of ether oxygens (including phenoxy) is 1. The molecule has 0 spiro atoms. The Hall–Kier alpha value is -2.28. The Labute approximate surface area is 187 Å². The summed E-state index contributed by atoms with van der Waals surface area (Å²) in [5.41, 5.74) is 1.37. The summed E-state index contributed by atoms with van der Waals surface area (Å²) in [7, 11) is 5.40. The number of hydrogen-bond donors (Lipinski definition) is 1. The van der Waals surface area contributed by atoms with Crippen LogP contribution in [0.4, 0.5) is 0 Å². The standard InChI is InChI=1S/C24H39N5O2/c1-5-25-24(26-14-7-16-28-15-6-8-22(28)23(30)27(2)3)29-17-13-20(18-29)19-9-11-21(31-4)12-10-19/h9-12,20,22H,5-8,13-18H2,1-4H3,(H,25,26). The van der Waals surface area contributed by atoms with Crippen molar-refractivity contribution < 1.29 is 9.53 Å². The molecule has 2 saturated heterocycles. The number of rotatable bonds is 8. The van der Waals surface area contributed by atoms with Gasteiger partial charge in [-0.1, -0.05) is 12.1 Å². The number of hydrogen-bond acceptors (Lipinski definition) is 4.